The van der Waals surface area contributed by atoms with Gasteiger partial charge in [0.1, 0.15) is 23.5 Å². The van der Waals surface area contributed by atoms with Crippen molar-refractivity contribution in [3.8, 4) is 5.75 Å². The summed E-state index contributed by atoms with van der Waals surface area (Å²) in [5.74, 6) is -0.326. The molecule has 0 saturated carbocycles. The van der Waals surface area contributed by atoms with Gasteiger partial charge in [-0.15, -0.1) is 0 Å². The van der Waals surface area contributed by atoms with E-state index in [1.165, 1.54) is 36.4 Å². The topological polar surface area (TPSA) is 35.5 Å². The normalized spacial score (nSPS) is 13.3. The Balaban J connectivity index is 2.25. The van der Waals surface area contributed by atoms with Gasteiger partial charge in [-0.3, -0.25) is 4.79 Å². The lowest BCUT2D eigenvalue weighted by molar-refractivity contribution is -0.137. The summed E-state index contributed by atoms with van der Waals surface area (Å²) >= 11 is 0. The minimum absolute atomic E-state index is 0.329. The molecule has 0 aromatic heterocycles. The van der Waals surface area contributed by atoms with Gasteiger partial charge >= 0.3 is 0 Å². The van der Waals surface area contributed by atoms with Crippen LogP contribution in [0.4, 0.5) is 8.78 Å². The molecule has 2 rings (SSSR count). The highest BCUT2D eigenvalue weighted by Gasteiger charge is 2.22. The van der Waals surface area contributed by atoms with Gasteiger partial charge < -0.3 is 9.47 Å². The smallest absolute Gasteiger partial charge is 0.293 e. The van der Waals surface area contributed by atoms with Crippen molar-refractivity contribution in [3.63, 3.8) is 0 Å². The van der Waals surface area contributed by atoms with Crippen molar-refractivity contribution in [1.82, 2.24) is 0 Å². The highest BCUT2D eigenvalue weighted by Crippen LogP contribution is 2.26. The molecule has 3 nitrogen and oxygen atoms in total. The van der Waals surface area contributed by atoms with Gasteiger partial charge in [-0.05, 0) is 48.9 Å². The van der Waals surface area contributed by atoms with Crippen LogP contribution in [-0.2, 0) is 9.53 Å². The van der Waals surface area contributed by atoms with E-state index in [1.54, 1.807) is 19.1 Å². The van der Waals surface area contributed by atoms with E-state index in [0.29, 0.717) is 17.8 Å². The molecule has 0 spiro atoms. The SMILES string of the molecule is CC(OC=O)C(Oc1ccc(F)cc1)c1ccc(F)cc1. The van der Waals surface area contributed by atoms with Gasteiger partial charge in [0.15, 0.2) is 6.10 Å². The summed E-state index contributed by atoms with van der Waals surface area (Å²) in [6, 6.07) is 11.2. The molecule has 0 saturated heterocycles. The zero-order valence-electron chi connectivity index (χ0n) is 11.3. The summed E-state index contributed by atoms with van der Waals surface area (Å²) in [7, 11) is 0. The Kier molecular flexibility index (Phi) is 4.87. The maximum absolute atomic E-state index is 13.0. The van der Waals surface area contributed by atoms with E-state index >= 15 is 0 Å². The molecular formula is C16H14F2O3. The minimum Gasteiger partial charge on any atom is -0.482 e. The maximum Gasteiger partial charge on any atom is 0.293 e. The van der Waals surface area contributed by atoms with Crippen LogP contribution in [0.5, 0.6) is 5.75 Å². The second kappa shape index (κ2) is 6.83. The van der Waals surface area contributed by atoms with Crippen LogP contribution in [0.25, 0.3) is 0 Å². The fourth-order valence-electron chi connectivity index (χ4n) is 1.91. The number of halogens is 2. The fraction of sp³-hybridized carbons (Fsp3) is 0.188. The Morgan fingerprint density at radius 2 is 1.48 bits per heavy atom. The first kappa shape index (κ1) is 15.0. The number of ether oxygens (including phenoxy) is 2. The van der Waals surface area contributed by atoms with Crippen molar-refractivity contribution >= 4 is 6.47 Å². The van der Waals surface area contributed by atoms with Crippen molar-refractivity contribution < 1.29 is 23.0 Å². The standard InChI is InChI=1S/C16H14F2O3/c1-11(20-10-19)16(12-2-4-13(17)5-3-12)21-15-8-6-14(18)7-9-15/h2-11,16H,1H3. The second-order valence-electron chi connectivity index (χ2n) is 4.48. The average Bonchev–Trinajstić information content (AvgIpc) is 2.48. The third-order valence-electron chi connectivity index (χ3n) is 2.97. The van der Waals surface area contributed by atoms with Crippen LogP contribution in [0.2, 0.25) is 0 Å². The summed E-state index contributed by atoms with van der Waals surface area (Å²) in [4.78, 5) is 10.5. The molecule has 0 N–H and O–H groups in total. The Bertz CT molecular complexity index is 581. The Morgan fingerprint density at radius 1 is 0.952 bits per heavy atom. The number of rotatable bonds is 6. The second-order valence-corrected chi connectivity index (χ2v) is 4.48. The first-order chi connectivity index (χ1) is 10.1. The van der Waals surface area contributed by atoms with Crippen LogP contribution in [0, 0.1) is 11.6 Å². The minimum atomic E-state index is -0.624. The highest BCUT2D eigenvalue weighted by molar-refractivity contribution is 5.38. The Labute approximate surface area is 121 Å². The predicted octanol–water partition coefficient (Wildman–Crippen LogP) is 3.65. The van der Waals surface area contributed by atoms with Gasteiger partial charge in [-0.25, -0.2) is 8.78 Å². The van der Waals surface area contributed by atoms with Crippen molar-refractivity contribution in [1.29, 1.82) is 0 Å². The van der Waals surface area contributed by atoms with Crippen molar-refractivity contribution in [2.24, 2.45) is 0 Å². The number of benzene rings is 2. The largest absolute Gasteiger partial charge is 0.482 e. The van der Waals surface area contributed by atoms with Gasteiger partial charge in [0, 0.05) is 0 Å². The molecule has 5 heteroatoms. The predicted molar refractivity (Wildman–Crippen MR) is 72.8 cm³/mol. The quantitative estimate of drug-likeness (QED) is 0.762. The van der Waals surface area contributed by atoms with Crippen LogP contribution in [0.3, 0.4) is 0 Å². The van der Waals surface area contributed by atoms with E-state index in [4.69, 9.17) is 9.47 Å². The van der Waals surface area contributed by atoms with E-state index in [-0.39, 0.29) is 11.6 Å². The first-order valence-electron chi connectivity index (χ1n) is 6.37. The summed E-state index contributed by atoms with van der Waals surface area (Å²) in [6.07, 6.45) is -1.21. The van der Waals surface area contributed by atoms with E-state index in [9.17, 15) is 13.6 Å². The lowest BCUT2D eigenvalue weighted by Gasteiger charge is -2.24. The highest BCUT2D eigenvalue weighted by atomic mass is 19.1. The maximum atomic E-state index is 13.0. The summed E-state index contributed by atoms with van der Waals surface area (Å²) in [6.45, 7) is 1.99. The third kappa shape index (κ3) is 4.02. The van der Waals surface area contributed by atoms with Gasteiger partial charge in [-0.2, -0.15) is 0 Å². The number of hydrogen-bond donors (Lipinski definition) is 0. The zero-order valence-corrected chi connectivity index (χ0v) is 11.3. The molecule has 2 aromatic rings. The summed E-state index contributed by atoms with van der Waals surface area (Å²) < 4.78 is 36.6. The van der Waals surface area contributed by atoms with Crippen molar-refractivity contribution in [3.05, 3.63) is 65.7 Å². The molecule has 110 valence electrons. The molecule has 0 amide bonds. The number of hydrogen-bond acceptors (Lipinski definition) is 3. The lowest BCUT2D eigenvalue weighted by Crippen LogP contribution is -2.23. The average molecular weight is 292 g/mol. The first-order valence-corrected chi connectivity index (χ1v) is 6.37. The molecule has 0 aliphatic carbocycles. The molecule has 0 bridgehead atoms. The zero-order chi connectivity index (χ0) is 15.2. The van der Waals surface area contributed by atoms with E-state index < -0.39 is 12.2 Å². The van der Waals surface area contributed by atoms with Crippen LogP contribution in [0.1, 0.15) is 18.6 Å². The molecule has 2 unspecified atom stereocenters. The Morgan fingerprint density at radius 3 is 2.00 bits per heavy atom. The molecular weight excluding hydrogens is 278 g/mol. The molecule has 21 heavy (non-hydrogen) atoms. The molecule has 0 aliphatic heterocycles. The van der Waals surface area contributed by atoms with Crippen LogP contribution in [-0.4, -0.2) is 12.6 Å². The van der Waals surface area contributed by atoms with Crippen molar-refractivity contribution in [2.75, 3.05) is 0 Å². The molecule has 2 atom stereocenters. The fourth-order valence-corrected chi connectivity index (χ4v) is 1.91. The van der Waals surface area contributed by atoms with Gasteiger partial charge in [0.2, 0.25) is 0 Å². The number of carbonyl (C=O) groups is 1. The van der Waals surface area contributed by atoms with Gasteiger partial charge in [-0.1, -0.05) is 12.1 Å². The van der Waals surface area contributed by atoms with E-state index in [0.717, 1.165) is 0 Å². The van der Waals surface area contributed by atoms with E-state index in [2.05, 4.69) is 0 Å². The molecule has 0 aliphatic rings. The molecule has 0 heterocycles. The Hall–Kier alpha value is -2.43. The monoisotopic (exact) mass is 292 g/mol. The van der Waals surface area contributed by atoms with Gasteiger partial charge in [0.05, 0.1) is 0 Å². The van der Waals surface area contributed by atoms with Crippen LogP contribution in [0.15, 0.2) is 48.5 Å². The van der Waals surface area contributed by atoms with Gasteiger partial charge in [0.25, 0.3) is 6.47 Å². The summed E-state index contributed by atoms with van der Waals surface area (Å²) in [5, 5.41) is 0. The van der Waals surface area contributed by atoms with Crippen molar-refractivity contribution in [2.45, 2.75) is 19.1 Å². The van der Waals surface area contributed by atoms with E-state index in [1.807, 2.05) is 0 Å². The molecule has 0 radical (unpaired) electrons. The molecule has 2 aromatic carbocycles. The molecule has 0 fully saturated rings. The number of carbonyl (C=O) groups excluding carboxylic acids is 1. The summed E-state index contributed by atoms with van der Waals surface area (Å²) in [5.41, 5.74) is 0.648. The third-order valence-corrected chi connectivity index (χ3v) is 2.97. The lowest BCUT2D eigenvalue weighted by atomic mass is 10.0. The van der Waals surface area contributed by atoms with Crippen LogP contribution >= 0.6 is 0 Å². The van der Waals surface area contributed by atoms with Crippen LogP contribution < -0.4 is 4.74 Å².